The van der Waals surface area contributed by atoms with Gasteiger partial charge in [-0.05, 0) is 36.4 Å². The van der Waals surface area contributed by atoms with Crippen LogP contribution in [0.4, 0.5) is 18.9 Å². The monoisotopic (exact) mass is 411 g/mol. The van der Waals surface area contributed by atoms with Crippen molar-refractivity contribution < 1.29 is 13.2 Å². The first-order chi connectivity index (χ1) is 14.4. The second-order valence-corrected chi connectivity index (χ2v) is 6.43. The van der Waals surface area contributed by atoms with Gasteiger partial charge < -0.3 is 5.32 Å². The zero-order valence-corrected chi connectivity index (χ0v) is 15.8. The van der Waals surface area contributed by atoms with Crippen molar-refractivity contribution in [3.05, 3.63) is 88.8 Å². The topological polar surface area (TPSA) is 64.7 Å². The average molecular weight is 411 g/mol. The SMILES string of the molecule is CNc1cn(-c2cccc(C(F)(F)F)c2)nc(-c2ccnn2-c2ccccc2)c1=O. The number of para-hydroxylation sites is 1. The molecule has 2 heterocycles. The van der Waals surface area contributed by atoms with Crippen LogP contribution in [0.1, 0.15) is 5.56 Å². The predicted octanol–water partition coefficient (Wildman–Crippen LogP) is 4.15. The highest BCUT2D eigenvalue weighted by Gasteiger charge is 2.30. The van der Waals surface area contributed by atoms with E-state index in [0.717, 1.165) is 17.8 Å². The van der Waals surface area contributed by atoms with Crippen molar-refractivity contribution in [3.8, 4) is 22.8 Å². The molecular formula is C21H16F3N5O. The largest absolute Gasteiger partial charge is 0.416 e. The summed E-state index contributed by atoms with van der Waals surface area (Å²) in [6, 6.07) is 15.5. The summed E-state index contributed by atoms with van der Waals surface area (Å²) in [6.07, 6.45) is -1.59. The van der Waals surface area contributed by atoms with Crippen LogP contribution in [0.2, 0.25) is 0 Å². The van der Waals surface area contributed by atoms with E-state index in [1.165, 1.54) is 29.2 Å². The van der Waals surface area contributed by atoms with Gasteiger partial charge in [-0.2, -0.15) is 23.4 Å². The third-order valence-corrected chi connectivity index (χ3v) is 4.51. The van der Waals surface area contributed by atoms with Crippen molar-refractivity contribution in [2.45, 2.75) is 6.18 Å². The Balaban J connectivity index is 1.91. The second kappa shape index (κ2) is 7.51. The summed E-state index contributed by atoms with van der Waals surface area (Å²) >= 11 is 0. The van der Waals surface area contributed by atoms with E-state index < -0.39 is 17.2 Å². The molecule has 0 aliphatic carbocycles. The number of rotatable bonds is 4. The van der Waals surface area contributed by atoms with E-state index in [9.17, 15) is 18.0 Å². The zero-order chi connectivity index (χ0) is 21.3. The number of hydrogen-bond donors (Lipinski definition) is 1. The van der Waals surface area contributed by atoms with Crippen molar-refractivity contribution >= 4 is 5.69 Å². The Morgan fingerprint density at radius 3 is 2.40 bits per heavy atom. The average Bonchev–Trinajstić information content (AvgIpc) is 3.24. The third-order valence-electron chi connectivity index (χ3n) is 4.51. The molecule has 2 aromatic carbocycles. The molecule has 0 aliphatic rings. The van der Waals surface area contributed by atoms with E-state index in [0.29, 0.717) is 5.69 Å². The Bertz CT molecular complexity index is 1250. The molecule has 2 aromatic heterocycles. The first-order valence-corrected chi connectivity index (χ1v) is 8.97. The summed E-state index contributed by atoms with van der Waals surface area (Å²) < 4.78 is 42.2. The highest BCUT2D eigenvalue weighted by molar-refractivity contribution is 5.62. The number of hydrogen-bond acceptors (Lipinski definition) is 4. The Labute approximate surface area is 169 Å². The van der Waals surface area contributed by atoms with Gasteiger partial charge in [0.25, 0.3) is 0 Å². The minimum Gasteiger partial charge on any atom is -0.384 e. The molecule has 4 aromatic rings. The molecule has 0 atom stereocenters. The van der Waals surface area contributed by atoms with Gasteiger partial charge in [-0.1, -0.05) is 24.3 Å². The number of benzene rings is 2. The van der Waals surface area contributed by atoms with Crippen LogP contribution in [0.5, 0.6) is 0 Å². The molecule has 0 bridgehead atoms. The Morgan fingerprint density at radius 2 is 1.70 bits per heavy atom. The fraction of sp³-hybridized carbons (Fsp3) is 0.0952. The molecule has 9 heteroatoms. The first-order valence-electron chi connectivity index (χ1n) is 8.97. The van der Waals surface area contributed by atoms with Gasteiger partial charge in [0.05, 0.1) is 35.0 Å². The third kappa shape index (κ3) is 3.57. The fourth-order valence-corrected chi connectivity index (χ4v) is 3.05. The first kappa shape index (κ1) is 19.4. The number of alkyl halides is 3. The van der Waals surface area contributed by atoms with Gasteiger partial charge >= 0.3 is 6.18 Å². The lowest BCUT2D eigenvalue weighted by Crippen LogP contribution is -2.19. The molecule has 0 fully saturated rings. The van der Waals surface area contributed by atoms with Crippen molar-refractivity contribution in [3.63, 3.8) is 0 Å². The Hall–Kier alpha value is -3.88. The van der Waals surface area contributed by atoms with Crippen LogP contribution in [-0.2, 0) is 6.18 Å². The summed E-state index contributed by atoms with van der Waals surface area (Å²) in [5.41, 5.74) is 0.371. The van der Waals surface area contributed by atoms with E-state index in [1.807, 2.05) is 30.3 Å². The fourth-order valence-electron chi connectivity index (χ4n) is 3.05. The van der Waals surface area contributed by atoms with Crippen LogP contribution < -0.4 is 10.7 Å². The number of aromatic nitrogens is 4. The second-order valence-electron chi connectivity index (χ2n) is 6.43. The standard InChI is InChI=1S/C21H16F3N5O/c1-25-17-13-28(16-9-5-6-14(12-16)21(22,23)24)27-19(20(17)30)18-10-11-26-29(18)15-7-3-2-4-8-15/h2-13,25H,1H3. The molecule has 0 unspecified atom stereocenters. The van der Waals surface area contributed by atoms with E-state index in [1.54, 1.807) is 17.8 Å². The van der Waals surface area contributed by atoms with Crippen LogP contribution in [0.3, 0.4) is 0 Å². The summed E-state index contributed by atoms with van der Waals surface area (Å²) in [5, 5.41) is 11.4. The number of anilines is 1. The van der Waals surface area contributed by atoms with Crippen molar-refractivity contribution in [2.24, 2.45) is 0 Å². The van der Waals surface area contributed by atoms with E-state index in [4.69, 9.17) is 0 Å². The van der Waals surface area contributed by atoms with Crippen LogP contribution in [0, 0.1) is 0 Å². The molecule has 152 valence electrons. The molecule has 6 nitrogen and oxygen atoms in total. The van der Waals surface area contributed by atoms with Crippen molar-refractivity contribution in [2.75, 3.05) is 12.4 Å². The van der Waals surface area contributed by atoms with E-state index in [-0.39, 0.29) is 17.1 Å². The zero-order valence-electron chi connectivity index (χ0n) is 15.8. The molecule has 30 heavy (non-hydrogen) atoms. The molecule has 0 amide bonds. The smallest absolute Gasteiger partial charge is 0.384 e. The van der Waals surface area contributed by atoms with Crippen LogP contribution in [0.15, 0.2) is 77.9 Å². The molecule has 0 radical (unpaired) electrons. The maximum absolute atomic E-state index is 13.1. The maximum Gasteiger partial charge on any atom is 0.416 e. The quantitative estimate of drug-likeness (QED) is 0.548. The van der Waals surface area contributed by atoms with Gasteiger partial charge in [0.2, 0.25) is 5.43 Å². The molecule has 0 aliphatic heterocycles. The lowest BCUT2D eigenvalue weighted by Gasteiger charge is -2.14. The lowest BCUT2D eigenvalue weighted by molar-refractivity contribution is -0.137. The molecular weight excluding hydrogens is 395 g/mol. The lowest BCUT2D eigenvalue weighted by atomic mass is 10.2. The minimum absolute atomic E-state index is 0.0561. The minimum atomic E-state index is -4.49. The molecule has 0 saturated carbocycles. The molecule has 1 N–H and O–H groups in total. The van der Waals surface area contributed by atoms with Crippen LogP contribution in [0.25, 0.3) is 22.8 Å². The van der Waals surface area contributed by atoms with E-state index in [2.05, 4.69) is 15.5 Å². The molecule has 4 rings (SSSR count). The van der Waals surface area contributed by atoms with Gasteiger partial charge in [-0.25, -0.2) is 9.36 Å². The van der Waals surface area contributed by atoms with E-state index >= 15 is 0 Å². The summed E-state index contributed by atoms with van der Waals surface area (Å²) in [7, 11) is 1.56. The number of nitrogens with one attached hydrogen (secondary N) is 1. The Kier molecular flexibility index (Phi) is 4.86. The maximum atomic E-state index is 13.1. The van der Waals surface area contributed by atoms with Gasteiger partial charge in [-0.3, -0.25) is 4.79 Å². The predicted molar refractivity (Wildman–Crippen MR) is 107 cm³/mol. The highest BCUT2D eigenvalue weighted by atomic mass is 19.4. The molecule has 0 spiro atoms. The summed E-state index contributed by atoms with van der Waals surface area (Å²) in [6.45, 7) is 0. The number of halogens is 3. The highest BCUT2D eigenvalue weighted by Crippen LogP contribution is 2.30. The van der Waals surface area contributed by atoms with Gasteiger partial charge in [0.1, 0.15) is 5.69 Å². The summed E-state index contributed by atoms with van der Waals surface area (Å²) in [4.78, 5) is 12.9. The van der Waals surface area contributed by atoms with Crippen molar-refractivity contribution in [1.29, 1.82) is 0 Å². The van der Waals surface area contributed by atoms with Crippen LogP contribution >= 0.6 is 0 Å². The molecule has 0 saturated heterocycles. The van der Waals surface area contributed by atoms with Gasteiger partial charge in [0.15, 0.2) is 5.69 Å². The van der Waals surface area contributed by atoms with Gasteiger partial charge in [0, 0.05) is 7.05 Å². The number of nitrogens with zero attached hydrogens (tertiary/aromatic N) is 4. The Morgan fingerprint density at radius 1 is 0.967 bits per heavy atom. The normalized spacial score (nSPS) is 11.5. The van der Waals surface area contributed by atoms with Crippen LogP contribution in [-0.4, -0.2) is 26.6 Å². The van der Waals surface area contributed by atoms with Crippen molar-refractivity contribution in [1.82, 2.24) is 19.6 Å². The summed E-state index contributed by atoms with van der Waals surface area (Å²) in [5.74, 6) is 0. The van der Waals surface area contributed by atoms with Gasteiger partial charge in [-0.15, -0.1) is 0 Å².